The molecule has 2 aliphatic rings. The van der Waals surface area contributed by atoms with Crippen LogP contribution in [-0.2, 0) is 26.1 Å². The summed E-state index contributed by atoms with van der Waals surface area (Å²) < 4.78 is 0. The molecule has 2 N–H and O–H groups in total. The molecule has 0 bridgehead atoms. The summed E-state index contributed by atoms with van der Waals surface area (Å²) in [7, 11) is 0. The van der Waals surface area contributed by atoms with Gasteiger partial charge in [-0.1, -0.05) is 37.4 Å². The monoisotopic (exact) mass is 422 g/mol. The maximum absolute atomic E-state index is 11.2. The minimum atomic E-state index is -0.423. The Morgan fingerprint density at radius 3 is 2.00 bits per heavy atom. The van der Waals surface area contributed by atoms with Gasteiger partial charge in [0.05, 0.1) is 11.8 Å². The number of rotatable bonds is 4. The molecule has 2 amide bonds. The summed E-state index contributed by atoms with van der Waals surface area (Å²) in [4.78, 5) is 22.4. The van der Waals surface area contributed by atoms with Gasteiger partial charge in [-0.25, -0.2) is 0 Å². The van der Waals surface area contributed by atoms with E-state index in [2.05, 4.69) is 31.7 Å². The Bertz CT molecular complexity index is 553. The van der Waals surface area contributed by atoms with E-state index in [1.54, 1.807) is 0 Å². The third kappa shape index (κ3) is 11.4. The number of amides is 2. The maximum atomic E-state index is 11.2. The van der Waals surface area contributed by atoms with Crippen molar-refractivity contribution in [3.8, 4) is 0 Å². The average molecular weight is 423 g/mol. The summed E-state index contributed by atoms with van der Waals surface area (Å²) in [5.41, 5.74) is 6.67. The summed E-state index contributed by atoms with van der Waals surface area (Å²) >= 11 is 0. The van der Waals surface area contributed by atoms with Crippen LogP contribution >= 0.6 is 0 Å². The molecule has 1 fully saturated rings. The number of carbonyl (C=O) groups excluding carboxylic acids is 2. The fourth-order valence-electron chi connectivity index (χ4n) is 2.11. The van der Waals surface area contributed by atoms with Crippen molar-refractivity contribution in [2.24, 2.45) is 10.2 Å². The van der Waals surface area contributed by atoms with Crippen molar-refractivity contribution >= 4 is 23.6 Å². The van der Waals surface area contributed by atoms with E-state index < -0.39 is 11.9 Å². The van der Waals surface area contributed by atoms with Gasteiger partial charge < -0.3 is 51.5 Å². The molecule has 2 aliphatic heterocycles. The van der Waals surface area contributed by atoms with E-state index in [0.717, 1.165) is 25.8 Å². The number of nitrogens with zero attached hydrogens (tertiary/aromatic N) is 6. The predicted octanol–water partition coefficient (Wildman–Crippen LogP) is 3.18. The standard InChI is InChI=1S/C8H14N3O2.C8H12N3O2.Ni/c2*1-6(12)10-11-8(13)7-4-2-3-5-9-7;/h7H,2-5H2,1H3,(H2,10,11,12,13);2-3,7H,4-5H2,1H3,(H2,10,11,12,13);/q2*-1;/p-2. The molecule has 0 spiro atoms. The molecule has 0 radical (unpaired) electrons. The molecule has 10 nitrogen and oxygen atoms in total. The quantitative estimate of drug-likeness (QED) is 0.234. The van der Waals surface area contributed by atoms with Crippen LogP contribution in [0.25, 0.3) is 21.5 Å². The average Bonchev–Trinajstić information content (AvgIpc) is 2.66. The third-order valence-corrected chi connectivity index (χ3v) is 3.35. The van der Waals surface area contributed by atoms with E-state index in [4.69, 9.17) is 10.2 Å². The van der Waals surface area contributed by atoms with Crippen molar-refractivity contribution in [3.63, 3.8) is 0 Å². The van der Waals surface area contributed by atoms with Crippen molar-refractivity contribution in [2.45, 2.75) is 51.6 Å². The smallest absolute Gasteiger partial charge is 0.162 e. The molecule has 0 aromatic rings. The summed E-state index contributed by atoms with van der Waals surface area (Å²) in [5, 5.41) is 32.0. The molecule has 2 heterocycles. The van der Waals surface area contributed by atoms with Crippen LogP contribution in [0.1, 0.15) is 39.5 Å². The fraction of sp³-hybridized carbons (Fsp3) is 0.625. The van der Waals surface area contributed by atoms with Crippen LogP contribution < -0.4 is 0 Å². The Morgan fingerprint density at radius 2 is 1.56 bits per heavy atom. The molecule has 11 heteroatoms. The zero-order chi connectivity index (χ0) is 19.4. The van der Waals surface area contributed by atoms with Gasteiger partial charge in [-0.2, -0.15) is 0 Å². The van der Waals surface area contributed by atoms with E-state index >= 15 is 0 Å². The molecule has 2 atom stereocenters. The predicted molar refractivity (Wildman–Crippen MR) is 99.8 cm³/mol. The second kappa shape index (κ2) is 14.1. The van der Waals surface area contributed by atoms with Crippen molar-refractivity contribution in [1.82, 2.24) is 0 Å². The second-order valence-corrected chi connectivity index (χ2v) is 5.68. The number of carbonyl (C=O) groups is 2. The molecule has 0 aliphatic carbocycles. The summed E-state index contributed by atoms with van der Waals surface area (Å²) in [6.45, 7) is 4.00. The van der Waals surface area contributed by atoms with Crippen molar-refractivity contribution < 1.29 is 36.3 Å². The van der Waals surface area contributed by atoms with Crippen LogP contribution in [0.5, 0.6) is 0 Å². The summed E-state index contributed by atoms with van der Waals surface area (Å²) in [6.07, 6.45) is 7.17. The van der Waals surface area contributed by atoms with Gasteiger partial charge in [0.25, 0.3) is 0 Å². The Morgan fingerprint density at radius 1 is 0.963 bits per heavy atom. The molecule has 2 unspecified atom stereocenters. The van der Waals surface area contributed by atoms with Crippen LogP contribution in [-0.4, -0.2) is 59.0 Å². The molecule has 156 valence electrons. The number of hydrogen-bond acceptors (Lipinski definition) is 4. The van der Waals surface area contributed by atoms with Crippen LogP contribution in [0.2, 0.25) is 0 Å². The van der Waals surface area contributed by atoms with Crippen LogP contribution in [0.3, 0.4) is 0 Å². The summed E-state index contributed by atoms with van der Waals surface area (Å²) in [5.74, 6) is -1.19. The molecule has 27 heavy (non-hydrogen) atoms. The fourth-order valence-corrected chi connectivity index (χ4v) is 2.11. The first-order valence-corrected chi connectivity index (χ1v) is 8.34. The van der Waals surface area contributed by atoms with E-state index in [-0.39, 0.29) is 40.2 Å². The first kappa shape index (κ1) is 25.0. The second-order valence-electron chi connectivity index (χ2n) is 5.68. The molecular weight excluding hydrogens is 399 g/mol. The SMILES string of the molecule is CC(O)=N[N-]C(=O)C1CC=CC[N-]1.CC(O)=N[N-]C(=O)C1CCCC[N-]1.[Ni]. The number of aliphatic hydroxyl groups excluding tert-OH is 2. The van der Waals surface area contributed by atoms with Crippen LogP contribution in [0.4, 0.5) is 0 Å². The van der Waals surface area contributed by atoms with Crippen molar-refractivity contribution in [3.05, 3.63) is 33.6 Å². The number of hydrogen-bond donors (Lipinski definition) is 2. The Labute approximate surface area is 168 Å². The molecule has 1 saturated heterocycles. The van der Waals surface area contributed by atoms with E-state index in [0.29, 0.717) is 13.0 Å². The van der Waals surface area contributed by atoms with Crippen LogP contribution in [0, 0.1) is 0 Å². The minimum Gasteiger partial charge on any atom is -0.655 e. The number of piperidine rings is 1. The van der Waals surface area contributed by atoms with Gasteiger partial charge in [-0.05, 0) is 6.42 Å². The first-order valence-electron chi connectivity index (χ1n) is 8.34. The Hall–Kier alpha value is -1.97. The third-order valence-electron chi connectivity index (χ3n) is 3.35. The van der Waals surface area contributed by atoms with Crippen molar-refractivity contribution in [1.29, 1.82) is 0 Å². The van der Waals surface area contributed by atoms with Gasteiger partial charge in [-0.3, -0.25) is 0 Å². The maximum Gasteiger partial charge on any atom is 0.162 e. The van der Waals surface area contributed by atoms with Gasteiger partial charge in [0.1, 0.15) is 0 Å². The van der Waals surface area contributed by atoms with Gasteiger partial charge in [0.15, 0.2) is 11.8 Å². The molecule has 0 saturated carbocycles. The van der Waals surface area contributed by atoms with Crippen LogP contribution in [0.15, 0.2) is 22.4 Å². The van der Waals surface area contributed by atoms with Crippen molar-refractivity contribution in [2.75, 3.05) is 13.1 Å². The molecule has 0 aromatic heterocycles. The normalized spacial score (nSPS) is 22.6. The molecular formula is C16H24N6NiO4-4. The van der Waals surface area contributed by atoms with Gasteiger partial charge in [0, 0.05) is 30.3 Å². The summed E-state index contributed by atoms with van der Waals surface area (Å²) in [6, 6.07) is -0.759. The first-order chi connectivity index (χ1) is 12.4. The van der Waals surface area contributed by atoms with Gasteiger partial charge >= 0.3 is 0 Å². The number of aliphatic hydroxyl groups is 2. The zero-order valence-corrected chi connectivity index (χ0v) is 16.3. The largest absolute Gasteiger partial charge is 0.655 e. The zero-order valence-electron chi connectivity index (χ0n) is 15.3. The Balaban J connectivity index is 0.000000483. The molecule has 2 rings (SSSR count). The van der Waals surface area contributed by atoms with Gasteiger partial charge in [-0.15, -0.1) is 19.2 Å². The topological polar surface area (TPSA) is 156 Å². The minimum absolute atomic E-state index is 0. The Kier molecular flexibility index (Phi) is 13.1. The molecule has 0 aromatic carbocycles. The van der Waals surface area contributed by atoms with E-state index in [1.807, 2.05) is 12.2 Å². The van der Waals surface area contributed by atoms with E-state index in [9.17, 15) is 9.59 Å². The van der Waals surface area contributed by atoms with E-state index in [1.165, 1.54) is 13.8 Å². The van der Waals surface area contributed by atoms with Gasteiger partial charge in [0.2, 0.25) is 0 Å².